The van der Waals surface area contributed by atoms with Gasteiger partial charge >= 0.3 is 12.4 Å². The molecule has 0 aliphatic heterocycles. The largest absolute Gasteiger partial charge is 0.433 e. The molecule has 0 bridgehead atoms. The highest BCUT2D eigenvalue weighted by Gasteiger charge is 2.34. The van der Waals surface area contributed by atoms with Crippen molar-refractivity contribution in [2.24, 2.45) is 0 Å². The third-order valence-electron chi connectivity index (χ3n) is 6.56. The van der Waals surface area contributed by atoms with E-state index in [0.717, 1.165) is 29.5 Å². The Labute approximate surface area is 237 Å². The summed E-state index contributed by atoms with van der Waals surface area (Å²) in [6.07, 6.45) is -6.88. The number of benzene rings is 2. The average molecular weight is 583 g/mol. The molecule has 0 aliphatic rings. The molecule has 0 spiro atoms. The number of aromatic nitrogens is 4. The van der Waals surface area contributed by atoms with Crippen molar-refractivity contribution in [2.45, 2.75) is 32.4 Å². The summed E-state index contributed by atoms with van der Waals surface area (Å²) in [5.74, 6) is 0.625. The van der Waals surface area contributed by atoms with Crippen LogP contribution in [0.1, 0.15) is 28.2 Å². The van der Waals surface area contributed by atoms with E-state index in [9.17, 15) is 26.3 Å². The summed E-state index contributed by atoms with van der Waals surface area (Å²) < 4.78 is 80.2. The van der Waals surface area contributed by atoms with Gasteiger partial charge < -0.3 is 5.32 Å². The second-order valence-electron chi connectivity index (χ2n) is 9.77. The van der Waals surface area contributed by atoms with Gasteiger partial charge in [-0.15, -0.1) is 0 Å². The molecule has 0 fully saturated rings. The lowest BCUT2D eigenvalue weighted by Gasteiger charge is -2.19. The summed E-state index contributed by atoms with van der Waals surface area (Å²) >= 11 is 0. The molecule has 6 nitrogen and oxygen atoms in total. The third kappa shape index (κ3) is 6.49. The van der Waals surface area contributed by atoms with Gasteiger partial charge in [-0.25, -0.2) is 15.0 Å². The van der Waals surface area contributed by atoms with Crippen LogP contribution >= 0.6 is 0 Å². The topological polar surface area (TPSA) is 66.8 Å². The minimum atomic E-state index is -4.62. The Morgan fingerprint density at radius 3 is 2.29 bits per heavy atom. The second kappa shape index (κ2) is 11.4. The summed E-state index contributed by atoms with van der Waals surface area (Å²) in [5, 5.41) is 3.45. The Balaban J connectivity index is 1.55. The number of alkyl halides is 6. The van der Waals surface area contributed by atoms with Crippen molar-refractivity contribution < 1.29 is 26.3 Å². The molecule has 5 aromatic rings. The molecule has 0 radical (unpaired) electrons. The molecule has 2 aromatic carbocycles. The number of halogens is 6. The highest BCUT2D eigenvalue weighted by atomic mass is 19.4. The summed E-state index contributed by atoms with van der Waals surface area (Å²) in [5.41, 5.74) is 0.831. The van der Waals surface area contributed by atoms with Gasteiger partial charge in [-0.3, -0.25) is 9.88 Å². The lowest BCUT2D eigenvalue weighted by Crippen LogP contribution is -2.20. The zero-order valence-corrected chi connectivity index (χ0v) is 22.4. The molecular formula is C30H24F6N6. The molecule has 5 rings (SSSR count). The van der Waals surface area contributed by atoms with E-state index in [0.29, 0.717) is 23.3 Å². The number of hydrogen-bond acceptors (Lipinski definition) is 6. The third-order valence-corrected chi connectivity index (χ3v) is 6.56. The molecule has 3 aromatic heterocycles. The van der Waals surface area contributed by atoms with Crippen molar-refractivity contribution in [3.63, 3.8) is 0 Å². The smallest absolute Gasteiger partial charge is 0.338 e. The van der Waals surface area contributed by atoms with Crippen LogP contribution in [0.5, 0.6) is 0 Å². The van der Waals surface area contributed by atoms with Crippen molar-refractivity contribution in [2.75, 3.05) is 12.4 Å². The summed E-state index contributed by atoms with van der Waals surface area (Å²) in [6.45, 7) is 2.87. The molecule has 216 valence electrons. The van der Waals surface area contributed by atoms with Crippen molar-refractivity contribution in [3.05, 3.63) is 107 Å². The number of fused-ring (bicyclic) bond motifs is 1. The van der Waals surface area contributed by atoms with E-state index in [1.165, 1.54) is 30.5 Å². The van der Waals surface area contributed by atoms with Crippen molar-refractivity contribution in [1.82, 2.24) is 24.8 Å². The van der Waals surface area contributed by atoms with Crippen LogP contribution in [-0.4, -0.2) is 31.9 Å². The first-order valence-electron chi connectivity index (χ1n) is 12.7. The average Bonchev–Trinajstić information content (AvgIpc) is 2.93. The summed E-state index contributed by atoms with van der Waals surface area (Å²) in [4.78, 5) is 18.7. The van der Waals surface area contributed by atoms with Gasteiger partial charge in [0.2, 0.25) is 0 Å². The lowest BCUT2D eigenvalue weighted by molar-refractivity contribution is -0.141. The molecule has 1 N–H and O–H groups in total. The Bertz CT molecular complexity index is 1720. The highest BCUT2D eigenvalue weighted by molar-refractivity contribution is 5.93. The highest BCUT2D eigenvalue weighted by Crippen LogP contribution is 2.37. The zero-order chi connectivity index (χ0) is 30.1. The van der Waals surface area contributed by atoms with Crippen LogP contribution in [-0.2, 0) is 25.4 Å². The maximum Gasteiger partial charge on any atom is 0.433 e. The standard InChI is InChI=1S/C30H24F6N6/c1-18-6-3-4-7-20(18)16-42(2)17-26-40-24-14-19(27-23(29(31,32)33)8-5-13-37-27)9-11-22(24)28(41-26)39-21-10-12-25(38-15-21)30(34,35)36/h3-15H,16-17H2,1-2H3,(H,39,40,41). The molecule has 0 saturated heterocycles. The van der Waals surface area contributed by atoms with E-state index >= 15 is 0 Å². The number of nitrogens with one attached hydrogen (secondary N) is 1. The van der Waals surface area contributed by atoms with E-state index < -0.39 is 23.6 Å². The van der Waals surface area contributed by atoms with Gasteiger partial charge in [0.25, 0.3) is 0 Å². The first kappa shape index (κ1) is 28.9. The van der Waals surface area contributed by atoms with Gasteiger partial charge in [0, 0.05) is 23.7 Å². The van der Waals surface area contributed by atoms with Crippen molar-refractivity contribution in [3.8, 4) is 11.3 Å². The number of anilines is 2. The van der Waals surface area contributed by atoms with Crippen LogP contribution < -0.4 is 5.32 Å². The molecule has 0 amide bonds. The molecule has 12 heteroatoms. The van der Waals surface area contributed by atoms with Crippen LogP contribution in [0.25, 0.3) is 22.2 Å². The Morgan fingerprint density at radius 2 is 1.60 bits per heavy atom. The predicted molar refractivity (Wildman–Crippen MR) is 147 cm³/mol. The van der Waals surface area contributed by atoms with E-state index in [-0.39, 0.29) is 29.3 Å². The number of pyridine rings is 2. The molecule has 0 atom stereocenters. The molecule has 0 saturated carbocycles. The molecule has 0 unspecified atom stereocenters. The first-order chi connectivity index (χ1) is 19.9. The number of hydrogen-bond donors (Lipinski definition) is 1. The molecule has 42 heavy (non-hydrogen) atoms. The van der Waals surface area contributed by atoms with Gasteiger partial charge in [0.1, 0.15) is 17.3 Å². The van der Waals surface area contributed by atoms with Crippen LogP contribution in [0.3, 0.4) is 0 Å². The second-order valence-corrected chi connectivity index (χ2v) is 9.77. The first-order valence-corrected chi connectivity index (χ1v) is 12.7. The van der Waals surface area contributed by atoms with Gasteiger partial charge in [0.15, 0.2) is 0 Å². The molecule has 3 heterocycles. The van der Waals surface area contributed by atoms with E-state index in [2.05, 4.69) is 25.3 Å². The van der Waals surface area contributed by atoms with Gasteiger partial charge in [-0.2, -0.15) is 26.3 Å². The minimum Gasteiger partial charge on any atom is -0.338 e. The Morgan fingerprint density at radius 1 is 0.810 bits per heavy atom. The molecular weight excluding hydrogens is 558 g/mol. The van der Waals surface area contributed by atoms with E-state index in [4.69, 9.17) is 0 Å². The monoisotopic (exact) mass is 582 g/mol. The zero-order valence-electron chi connectivity index (χ0n) is 22.4. The fraction of sp³-hybridized carbons (Fsp3) is 0.200. The normalized spacial score (nSPS) is 12.2. The minimum absolute atomic E-state index is 0.204. The van der Waals surface area contributed by atoms with Gasteiger partial charge in [0.05, 0.1) is 35.2 Å². The van der Waals surface area contributed by atoms with Gasteiger partial charge in [-0.1, -0.05) is 30.3 Å². The molecule has 0 aliphatic carbocycles. The van der Waals surface area contributed by atoms with E-state index in [1.54, 1.807) is 6.07 Å². The summed E-state index contributed by atoms with van der Waals surface area (Å²) in [7, 11) is 1.88. The quantitative estimate of drug-likeness (QED) is 0.198. The van der Waals surface area contributed by atoms with Crippen molar-refractivity contribution >= 4 is 22.4 Å². The van der Waals surface area contributed by atoms with Crippen LogP contribution in [0.4, 0.5) is 37.8 Å². The maximum atomic E-state index is 13.7. The Kier molecular flexibility index (Phi) is 7.83. The Hall–Kier alpha value is -4.58. The number of aryl methyl sites for hydroxylation is 1. The van der Waals surface area contributed by atoms with Crippen LogP contribution in [0.15, 0.2) is 79.1 Å². The summed E-state index contributed by atoms with van der Waals surface area (Å²) in [6, 6.07) is 16.7. The van der Waals surface area contributed by atoms with E-state index in [1.807, 2.05) is 43.1 Å². The van der Waals surface area contributed by atoms with Gasteiger partial charge in [-0.05, 0) is 61.5 Å². The number of nitrogens with zero attached hydrogens (tertiary/aromatic N) is 5. The maximum absolute atomic E-state index is 13.7. The SMILES string of the molecule is Cc1ccccc1CN(C)Cc1nc(Nc2ccc(C(F)(F)F)nc2)c2ccc(-c3ncccc3C(F)(F)F)cc2n1. The fourth-order valence-corrected chi connectivity index (χ4v) is 4.50. The fourth-order valence-electron chi connectivity index (χ4n) is 4.50. The van der Waals surface area contributed by atoms with Crippen LogP contribution in [0, 0.1) is 6.92 Å². The van der Waals surface area contributed by atoms with Crippen molar-refractivity contribution in [1.29, 1.82) is 0 Å². The van der Waals surface area contributed by atoms with Crippen LogP contribution in [0.2, 0.25) is 0 Å². The number of rotatable bonds is 7. The lowest BCUT2D eigenvalue weighted by atomic mass is 10.0. The predicted octanol–water partition coefficient (Wildman–Crippen LogP) is 7.81.